The van der Waals surface area contributed by atoms with Gasteiger partial charge in [0, 0.05) is 5.92 Å². The van der Waals surface area contributed by atoms with E-state index < -0.39 is 0 Å². The van der Waals surface area contributed by atoms with Gasteiger partial charge in [0.1, 0.15) is 6.10 Å². The summed E-state index contributed by atoms with van der Waals surface area (Å²) in [7, 11) is 0. The SMILES string of the molecule is CCC1OC(C)CC(C)[C@H]1O[C@@H]1OC(C(C)=O)[C@@H](C)[C@H](C)C1C. The van der Waals surface area contributed by atoms with Gasteiger partial charge < -0.3 is 14.2 Å². The largest absolute Gasteiger partial charge is 0.373 e. The van der Waals surface area contributed by atoms with Crippen molar-refractivity contribution in [2.24, 2.45) is 23.7 Å². The molecule has 0 saturated carbocycles. The molecule has 2 saturated heterocycles. The molecule has 2 rings (SSSR count). The van der Waals surface area contributed by atoms with Crippen LogP contribution in [0.25, 0.3) is 0 Å². The van der Waals surface area contributed by atoms with E-state index in [0.29, 0.717) is 11.8 Å². The fourth-order valence-corrected chi connectivity index (χ4v) is 4.18. The molecule has 0 bridgehead atoms. The fraction of sp³-hybridized carbons (Fsp3) is 0.947. The van der Waals surface area contributed by atoms with E-state index in [9.17, 15) is 4.79 Å². The van der Waals surface area contributed by atoms with Crippen LogP contribution in [0.1, 0.15) is 61.3 Å². The average molecular weight is 326 g/mol. The normalized spacial score (nSPS) is 48.2. The first kappa shape index (κ1) is 18.9. The zero-order valence-corrected chi connectivity index (χ0v) is 15.7. The fourth-order valence-electron chi connectivity index (χ4n) is 4.18. The van der Waals surface area contributed by atoms with Crippen LogP contribution in [-0.2, 0) is 19.0 Å². The van der Waals surface area contributed by atoms with Crippen LogP contribution in [0, 0.1) is 23.7 Å². The Morgan fingerprint density at radius 1 is 1.04 bits per heavy atom. The standard InChI is InChI=1S/C19H34O4/c1-8-16-17(10(2)9-11(3)21-16)22-19-14(6)12(4)13(5)18(23-19)15(7)20/h10-14,16-19H,8-9H2,1-7H3/t10?,11?,12-,13-,14?,16?,17+,18?,19+/m0/s1. The third-order valence-electron chi connectivity index (χ3n) is 5.98. The van der Waals surface area contributed by atoms with Gasteiger partial charge in [-0.25, -0.2) is 0 Å². The van der Waals surface area contributed by atoms with Crippen LogP contribution in [0.3, 0.4) is 0 Å². The number of hydrogen-bond acceptors (Lipinski definition) is 4. The highest BCUT2D eigenvalue weighted by Gasteiger charge is 2.44. The van der Waals surface area contributed by atoms with E-state index in [1.54, 1.807) is 6.92 Å². The monoisotopic (exact) mass is 326 g/mol. The summed E-state index contributed by atoms with van der Waals surface area (Å²) in [5.74, 6) is 1.42. The van der Waals surface area contributed by atoms with Crippen LogP contribution in [-0.4, -0.2) is 36.5 Å². The Bertz CT molecular complexity index is 410. The van der Waals surface area contributed by atoms with E-state index in [1.807, 2.05) is 0 Å². The van der Waals surface area contributed by atoms with Crippen LogP contribution in [0.5, 0.6) is 0 Å². The predicted octanol–water partition coefficient (Wildman–Crippen LogP) is 3.82. The average Bonchev–Trinajstić information content (AvgIpc) is 2.49. The predicted molar refractivity (Wildman–Crippen MR) is 90.1 cm³/mol. The van der Waals surface area contributed by atoms with Crippen molar-refractivity contribution < 1.29 is 19.0 Å². The third kappa shape index (κ3) is 3.97. The van der Waals surface area contributed by atoms with Crippen molar-refractivity contribution in [3.05, 3.63) is 0 Å². The molecule has 2 aliphatic rings. The van der Waals surface area contributed by atoms with Crippen LogP contribution < -0.4 is 0 Å². The number of rotatable bonds is 4. The van der Waals surface area contributed by atoms with Gasteiger partial charge in [0.25, 0.3) is 0 Å². The summed E-state index contributed by atoms with van der Waals surface area (Å²) >= 11 is 0. The highest BCUT2D eigenvalue weighted by atomic mass is 16.7. The number of Topliss-reactive ketones (excluding diaryl/α,β-unsaturated/α-hetero) is 1. The van der Waals surface area contributed by atoms with Gasteiger partial charge in [0.05, 0.1) is 18.3 Å². The summed E-state index contributed by atoms with van der Waals surface area (Å²) in [6.45, 7) is 14.6. The first-order valence-electron chi connectivity index (χ1n) is 9.23. The molecule has 134 valence electrons. The smallest absolute Gasteiger partial charge is 0.161 e. The second-order valence-electron chi connectivity index (χ2n) is 7.82. The molecular formula is C19H34O4. The number of hydrogen-bond donors (Lipinski definition) is 0. The van der Waals surface area contributed by atoms with Crippen molar-refractivity contribution in [2.75, 3.05) is 0 Å². The lowest BCUT2D eigenvalue weighted by Gasteiger charge is -2.46. The molecule has 4 nitrogen and oxygen atoms in total. The zero-order valence-electron chi connectivity index (χ0n) is 15.7. The molecule has 0 aromatic carbocycles. The molecule has 23 heavy (non-hydrogen) atoms. The molecule has 0 aromatic rings. The quantitative estimate of drug-likeness (QED) is 0.788. The van der Waals surface area contributed by atoms with Crippen molar-refractivity contribution in [3.8, 4) is 0 Å². The van der Waals surface area contributed by atoms with Gasteiger partial charge in [-0.15, -0.1) is 0 Å². The summed E-state index contributed by atoms with van der Waals surface area (Å²) in [6, 6.07) is 0. The molecular weight excluding hydrogens is 292 g/mol. The highest BCUT2D eigenvalue weighted by Crippen LogP contribution is 2.38. The van der Waals surface area contributed by atoms with Gasteiger partial charge in [0.15, 0.2) is 12.1 Å². The lowest BCUT2D eigenvalue weighted by atomic mass is 9.78. The summed E-state index contributed by atoms with van der Waals surface area (Å²) in [4.78, 5) is 11.9. The van der Waals surface area contributed by atoms with Crippen LogP contribution in [0.15, 0.2) is 0 Å². The first-order valence-corrected chi connectivity index (χ1v) is 9.23. The topological polar surface area (TPSA) is 44.8 Å². The minimum absolute atomic E-state index is 0.0388. The highest BCUT2D eigenvalue weighted by molar-refractivity contribution is 5.80. The molecule has 5 unspecified atom stereocenters. The first-order chi connectivity index (χ1) is 10.8. The van der Waals surface area contributed by atoms with E-state index in [0.717, 1.165) is 12.8 Å². The minimum Gasteiger partial charge on any atom is -0.373 e. The molecule has 0 radical (unpaired) electrons. The molecule has 2 heterocycles. The lowest BCUT2D eigenvalue weighted by molar-refractivity contribution is -0.288. The van der Waals surface area contributed by atoms with Crippen LogP contribution in [0.2, 0.25) is 0 Å². The third-order valence-corrected chi connectivity index (χ3v) is 5.98. The van der Waals surface area contributed by atoms with E-state index in [4.69, 9.17) is 14.2 Å². The Morgan fingerprint density at radius 2 is 1.70 bits per heavy atom. The van der Waals surface area contributed by atoms with Gasteiger partial charge in [-0.05, 0) is 44.4 Å². The molecule has 0 spiro atoms. The Balaban J connectivity index is 2.11. The Hall–Kier alpha value is -0.450. The summed E-state index contributed by atoms with van der Waals surface area (Å²) < 4.78 is 18.6. The molecule has 2 aliphatic heterocycles. The van der Waals surface area contributed by atoms with Crippen LogP contribution in [0.4, 0.5) is 0 Å². The van der Waals surface area contributed by atoms with Crippen molar-refractivity contribution in [2.45, 2.75) is 92.0 Å². The second kappa shape index (κ2) is 7.62. The van der Waals surface area contributed by atoms with E-state index >= 15 is 0 Å². The second-order valence-corrected chi connectivity index (χ2v) is 7.82. The molecule has 9 atom stereocenters. The number of carbonyl (C=O) groups is 1. The minimum atomic E-state index is -0.356. The van der Waals surface area contributed by atoms with Gasteiger partial charge in [-0.1, -0.05) is 34.6 Å². The van der Waals surface area contributed by atoms with E-state index in [1.165, 1.54) is 0 Å². The summed E-state index contributed by atoms with van der Waals surface area (Å²) in [5, 5.41) is 0. The van der Waals surface area contributed by atoms with Gasteiger partial charge >= 0.3 is 0 Å². The molecule has 0 amide bonds. The van der Waals surface area contributed by atoms with Crippen molar-refractivity contribution >= 4 is 5.78 Å². The zero-order chi connectivity index (χ0) is 17.3. The maximum Gasteiger partial charge on any atom is 0.161 e. The van der Waals surface area contributed by atoms with Gasteiger partial charge in [-0.2, -0.15) is 0 Å². The maximum atomic E-state index is 11.9. The van der Waals surface area contributed by atoms with Crippen LogP contribution >= 0.6 is 0 Å². The Kier molecular flexibility index (Phi) is 6.26. The Morgan fingerprint density at radius 3 is 2.26 bits per heavy atom. The number of carbonyl (C=O) groups excluding carboxylic acids is 1. The summed E-state index contributed by atoms with van der Waals surface area (Å²) in [5.41, 5.74) is 0. The molecule has 2 fully saturated rings. The number of ketones is 1. The maximum absolute atomic E-state index is 11.9. The van der Waals surface area contributed by atoms with Crippen molar-refractivity contribution in [1.29, 1.82) is 0 Å². The molecule has 0 aromatic heterocycles. The molecule has 0 aliphatic carbocycles. The molecule has 4 heteroatoms. The van der Waals surface area contributed by atoms with Crippen molar-refractivity contribution in [1.82, 2.24) is 0 Å². The van der Waals surface area contributed by atoms with Gasteiger partial charge in [0.2, 0.25) is 0 Å². The molecule has 0 N–H and O–H groups in total. The van der Waals surface area contributed by atoms with E-state index in [-0.39, 0.29) is 48.3 Å². The van der Waals surface area contributed by atoms with Crippen molar-refractivity contribution in [3.63, 3.8) is 0 Å². The van der Waals surface area contributed by atoms with E-state index in [2.05, 4.69) is 41.5 Å². The lowest BCUT2D eigenvalue weighted by Crippen LogP contribution is -2.53. The van der Waals surface area contributed by atoms with Gasteiger partial charge in [-0.3, -0.25) is 4.79 Å². The summed E-state index contributed by atoms with van der Waals surface area (Å²) in [6.07, 6.45) is 1.68. The Labute approximate surface area is 141 Å². The number of ether oxygens (including phenoxy) is 3.